The van der Waals surface area contributed by atoms with E-state index >= 15 is 0 Å². The molecule has 8 nitrogen and oxygen atoms in total. The second kappa shape index (κ2) is 7.27. The smallest absolute Gasteiger partial charge is 0.314 e. The maximum Gasteiger partial charge on any atom is 0.314 e. The molecule has 2 fully saturated rings. The molecule has 0 radical (unpaired) electrons. The number of rotatable bonds is 6. The summed E-state index contributed by atoms with van der Waals surface area (Å²) in [6.07, 6.45) is 0.747. The van der Waals surface area contributed by atoms with Gasteiger partial charge in [-0.2, -0.15) is 0 Å². The summed E-state index contributed by atoms with van der Waals surface area (Å²) in [6, 6.07) is 5.58. The first kappa shape index (κ1) is 20.7. The zero-order chi connectivity index (χ0) is 21.7. The fraction of sp³-hybridized carbons (Fsp3) is 0.591. The largest absolute Gasteiger partial charge is 0.469 e. The van der Waals surface area contributed by atoms with Crippen LogP contribution in [-0.2, 0) is 21.3 Å². The molecular formula is C22H30N4O4. The molecule has 2 aliphatic rings. The summed E-state index contributed by atoms with van der Waals surface area (Å²) in [5.41, 5.74) is 1.75. The maximum atomic E-state index is 13.3. The minimum Gasteiger partial charge on any atom is -0.469 e. The van der Waals surface area contributed by atoms with Crippen LogP contribution < -0.4 is 5.32 Å². The van der Waals surface area contributed by atoms with Gasteiger partial charge in [0, 0.05) is 39.4 Å². The lowest BCUT2D eigenvalue weighted by molar-refractivity contribution is -0.174. The number of likely N-dealkylation sites (tertiary alicyclic amines) is 1. The second-order valence-electron chi connectivity index (χ2n) is 9.17. The van der Waals surface area contributed by atoms with Crippen molar-refractivity contribution in [3.63, 3.8) is 0 Å². The number of carbonyl (C=O) groups excluding carboxylic acids is 2. The average Bonchev–Trinajstić information content (AvgIpc) is 3.22. The van der Waals surface area contributed by atoms with Gasteiger partial charge in [-0.15, -0.1) is 0 Å². The number of aryl methyl sites for hydroxylation is 1. The van der Waals surface area contributed by atoms with Gasteiger partial charge in [-0.25, -0.2) is 4.98 Å². The zero-order valence-electron chi connectivity index (χ0n) is 18.3. The number of anilines is 1. The van der Waals surface area contributed by atoms with E-state index in [2.05, 4.69) is 24.1 Å². The summed E-state index contributed by atoms with van der Waals surface area (Å²) in [5, 5.41) is 3.24. The Hall–Kier alpha value is -2.61. The van der Waals surface area contributed by atoms with Crippen molar-refractivity contribution in [3.8, 4) is 0 Å². The SMILES string of the molecule is COCCNc1nc2cc(C(=O)N3C[C@@H]4C(C)(C)C[C@]4(C(=O)OC)C3)ccc2n1C. The minimum absolute atomic E-state index is 0.0247. The van der Waals surface area contributed by atoms with Gasteiger partial charge in [0.25, 0.3) is 5.91 Å². The van der Waals surface area contributed by atoms with E-state index in [-0.39, 0.29) is 23.2 Å². The number of imidazole rings is 1. The van der Waals surface area contributed by atoms with E-state index in [0.29, 0.717) is 31.8 Å². The van der Waals surface area contributed by atoms with E-state index in [9.17, 15) is 9.59 Å². The first-order valence-corrected chi connectivity index (χ1v) is 10.3. The molecule has 2 atom stereocenters. The lowest BCUT2D eigenvalue weighted by Crippen LogP contribution is -2.57. The molecule has 8 heteroatoms. The Labute approximate surface area is 176 Å². The van der Waals surface area contributed by atoms with Crippen LogP contribution in [0.5, 0.6) is 0 Å². The van der Waals surface area contributed by atoms with Crippen LogP contribution in [0, 0.1) is 16.7 Å². The normalized spacial score (nSPS) is 24.4. The molecule has 1 amide bonds. The molecule has 1 aliphatic carbocycles. The lowest BCUT2D eigenvalue weighted by atomic mass is 9.48. The number of nitrogens with one attached hydrogen (secondary N) is 1. The highest BCUT2D eigenvalue weighted by Gasteiger charge is 2.68. The number of nitrogens with zero attached hydrogens (tertiary/aromatic N) is 3. The first-order chi connectivity index (χ1) is 14.2. The van der Waals surface area contributed by atoms with Crippen LogP contribution in [0.25, 0.3) is 11.0 Å². The van der Waals surface area contributed by atoms with Gasteiger partial charge in [0.2, 0.25) is 5.95 Å². The van der Waals surface area contributed by atoms with Crippen LogP contribution in [0.2, 0.25) is 0 Å². The van der Waals surface area contributed by atoms with Gasteiger partial charge in [-0.3, -0.25) is 9.59 Å². The number of methoxy groups -OCH3 is 2. The van der Waals surface area contributed by atoms with Gasteiger partial charge in [0.05, 0.1) is 30.2 Å². The van der Waals surface area contributed by atoms with Gasteiger partial charge >= 0.3 is 5.97 Å². The summed E-state index contributed by atoms with van der Waals surface area (Å²) < 4.78 is 12.1. The van der Waals surface area contributed by atoms with Crippen LogP contribution in [-0.4, -0.2) is 66.8 Å². The summed E-state index contributed by atoms with van der Waals surface area (Å²) in [4.78, 5) is 32.2. The van der Waals surface area contributed by atoms with E-state index in [0.717, 1.165) is 23.4 Å². The van der Waals surface area contributed by atoms with E-state index in [1.807, 2.05) is 29.8 Å². The third-order valence-corrected chi connectivity index (χ3v) is 6.85. The molecule has 2 heterocycles. The van der Waals surface area contributed by atoms with Gasteiger partial charge in [0.15, 0.2) is 0 Å². The van der Waals surface area contributed by atoms with Gasteiger partial charge < -0.3 is 24.3 Å². The number of hydrogen-bond acceptors (Lipinski definition) is 6. The molecule has 1 saturated heterocycles. The standard InChI is InChI=1S/C22H30N4O4/c1-21(2)12-22(19(28)30-5)13-26(11-17(21)22)18(27)14-6-7-16-15(10-14)24-20(25(16)3)23-8-9-29-4/h6-7,10,17H,8-9,11-13H2,1-5H3,(H,23,24)/t17-,22+/m1/s1. The number of amides is 1. The lowest BCUT2D eigenvalue weighted by Gasteiger charge is -2.54. The third-order valence-electron chi connectivity index (χ3n) is 6.85. The van der Waals surface area contributed by atoms with Crippen molar-refractivity contribution in [1.82, 2.24) is 14.5 Å². The molecule has 162 valence electrons. The Kier molecular flexibility index (Phi) is 5.00. The monoisotopic (exact) mass is 414 g/mol. The van der Waals surface area contributed by atoms with Crippen molar-refractivity contribution >= 4 is 28.9 Å². The predicted octanol–water partition coefficient (Wildman–Crippen LogP) is 2.29. The Morgan fingerprint density at radius 1 is 1.30 bits per heavy atom. The molecule has 30 heavy (non-hydrogen) atoms. The van der Waals surface area contributed by atoms with Crippen LogP contribution in [0.15, 0.2) is 18.2 Å². The highest BCUT2D eigenvalue weighted by molar-refractivity contribution is 5.98. The van der Waals surface area contributed by atoms with Gasteiger partial charge in [0.1, 0.15) is 0 Å². The highest BCUT2D eigenvalue weighted by atomic mass is 16.5. The maximum absolute atomic E-state index is 13.3. The molecule has 0 bridgehead atoms. The van der Waals surface area contributed by atoms with Crippen molar-refractivity contribution in [2.75, 3.05) is 45.8 Å². The molecule has 1 N–H and O–H groups in total. The fourth-order valence-electron chi connectivity index (χ4n) is 5.47. The predicted molar refractivity (Wildman–Crippen MR) is 113 cm³/mol. The Morgan fingerprint density at radius 2 is 2.07 bits per heavy atom. The third kappa shape index (κ3) is 3.05. The van der Waals surface area contributed by atoms with Crippen LogP contribution in [0.4, 0.5) is 5.95 Å². The van der Waals surface area contributed by atoms with Crippen LogP contribution >= 0.6 is 0 Å². The fourth-order valence-corrected chi connectivity index (χ4v) is 5.47. The van der Waals surface area contributed by atoms with E-state index in [1.54, 1.807) is 12.0 Å². The van der Waals surface area contributed by atoms with Crippen molar-refractivity contribution in [3.05, 3.63) is 23.8 Å². The molecule has 1 saturated carbocycles. The zero-order valence-corrected chi connectivity index (χ0v) is 18.3. The number of esters is 1. The quantitative estimate of drug-likeness (QED) is 0.577. The van der Waals surface area contributed by atoms with Gasteiger partial charge in [-0.1, -0.05) is 13.8 Å². The molecule has 0 spiro atoms. The molecular weight excluding hydrogens is 384 g/mol. The average molecular weight is 415 g/mol. The summed E-state index contributed by atoms with van der Waals surface area (Å²) in [5.74, 6) is 0.591. The number of fused-ring (bicyclic) bond motifs is 2. The Bertz CT molecular complexity index is 998. The highest BCUT2D eigenvalue weighted by Crippen LogP contribution is 2.63. The van der Waals surface area contributed by atoms with E-state index in [4.69, 9.17) is 9.47 Å². The summed E-state index contributed by atoms with van der Waals surface area (Å²) in [6.45, 7) is 6.54. The van der Waals surface area contributed by atoms with Crippen molar-refractivity contribution in [1.29, 1.82) is 0 Å². The molecule has 2 aromatic rings. The first-order valence-electron chi connectivity index (χ1n) is 10.3. The van der Waals surface area contributed by atoms with Gasteiger partial charge in [-0.05, 0) is 36.0 Å². The number of hydrogen-bond donors (Lipinski definition) is 1. The van der Waals surface area contributed by atoms with E-state index < -0.39 is 5.41 Å². The van der Waals surface area contributed by atoms with Crippen molar-refractivity contribution in [2.24, 2.45) is 23.8 Å². The topological polar surface area (TPSA) is 85.7 Å². The second-order valence-corrected chi connectivity index (χ2v) is 9.17. The molecule has 1 aromatic carbocycles. The number of ether oxygens (including phenoxy) is 2. The Balaban J connectivity index is 1.57. The molecule has 4 rings (SSSR count). The van der Waals surface area contributed by atoms with Crippen molar-refractivity contribution in [2.45, 2.75) is 20.3 Å². The molecule has 1 aliphatic heterocycles. The summed E-state index contributed by atoms with van der Waals surface area (Å²) in [7, 11) is 5.02. The van der Waals surface area contributed by atoms with Crippen LogP contribution in [0.1, 0.15) is 30.6 Å². The number of benzene rings is 1. The number of carbonyl (C=O) groups is 2. The minimum atomic E-state index is -0.568. The molecule has 0 unspecified atom stereocenters. The Morgan fingerprint density at radius 3 is 2.73 bits per heavy atom. The molecule has 1 aromatic heterocycles. The number of aromatic nitrogens is 2. The summed E-state index contributed by atoms with van der Waals surface area (Å²) >= 11 is 0. The van der Waals surface area contributed by atoms with E-state index in [1.165, 1.54) is 7.11 Å². The van der Waals surface area contributed by atoms with Crippen LogP contribution in [0.3, 0.4) is 0 Å². The van der Waals surface area contributed by atoms with Crippen molar-refractivity contribution < 1.29 is 19.1 Å².